The Kier molecular flexibility index (Phi) is 6.49. The number of anilines is 1. The van der Waals surface area contributed by atoms with E-state index in [4.69, 9.17) is 9.15 Å². The minimum atomic E-state index is -1.37. The molecule has 4 aromatic rings. The number of nitrogens with zero attached hydrogens (tertiary/aromatic N) is 3. The molecule has 0 radical (unpaired) electrons. The van der Waals surface area contributed by atoms with Crippen LogP contribution >= 0.6 is 0 Å². The van der Waals surface area contributed by atoms with Crippen LogP contribution in [0.1, 0.15) is 33.5 Å². The zero-order chi connectivity index (χ0) is 24.1. The molecule has 2 aromatic heterocycles. The van der Waals surface area contributed by atoms with Gasteiger partial charge < -0.3 is 14.5 Å². The van der Waals surface area contributed by atoms with Gasteiger partial charge in [0.05, 0.1) is 11.5 Å². The van der Waals surface area contributed by atoms with Gasteiger partial charge in [-0.25, -0.2) is 4.79 Å². The van der Waals surface area contributed by atoms with Crippen molar-refractivity contribution in [2.75, 3.05) is 5.32 Å². The van der Waals surface area contributed by atoms with Crippen LogP contribution in [0.15, 0.2) is 83.5 Å². The van der Waals surface area contributed by atoms with Crippen LogP contribution in [0.3, 0.4) is 0 Å². The summed E-state index contributed by atoms with van der Waals surface area (Å²) in [6, 6.07) is 17.6. The number of carbonyl (C=O) groups is 2. The maximum absolute atomic E-state index is 13.1. The van der Waals surface area contributed by atoms with E-state index < -0.39 is 22.9 Å². The fraction of sp³-hybridized carbons (Fsp3) is 0.125. The van der Waals surface area contributed by atoms with Crippen LogP contribution in [0.5, 0.6) is 0 Å². The topological polar surface area (TPSA) is 130 Å². The molecule has 2 aromatic carbocycles. The standard InChI is InChI=1S/C24H20N4O6/c1-16-8-10-19(20(14-16)28(31)32)26-23(29)22(17-6-3-2-4-7-17)34-24(30)21-11-9-18(33-21)15-27-13-5-12-25-27/h2-14,22H,15H2,1H3,(H,26,29). The maximum Gasteiger partial charge on any atom is 0.375 e. The number of hydrogen-bond donors (Lipinski definition) is 1. The van der Waals surface area contributed by atoms with E-state index in [1.54, 1.807) is 72.5 Å². The lowest BCUT2D eigenvalue weighted by atomic mass is 10.1. The number of esters is 1. The van der Waals surface area contributed by atoms with Gasteiger partial charge in [-0.3, -0.25) is 19.6 Å². The van der Waals surface area contributed by atoms with Crippen LogP contribution in [0.2, 0.25) is 0 Å². The molecule has 0 fully saturated rings. The number of amides is 1. The van der Waals surface area contributed by atoms with Gasteiger partial charge in [-0.1, -0.05) is 36.4 Å². The van der Waals surface area contributed by atoms with Gasteiger partial charge >= 0.3 is 5.97 Å². The molecule has 10 nitrogen and oxygen atoms in total. The van der Waals surface area contributed by atoms with Crippen molar-refractivity contribution in [3.8, 4) is 0 Å². The molecule has 4 rings (SSSR count). The van der Waals surface area contributed by atoms with Crippen molar-refractivity contribution in [1.82, 2.24) is 9.78 Å². The monoisotopic (exact) mass is 460 g/mol. The summed E-state index contributed by atoms with van der Waals surface area (Å²) in [4.78, 5) is 36.7. The molecule has 0 saturated heterocycles. The van der Waals surface area contributed by atoms with Gasteiger partial charge in [-0.2, -0.15) is 5.10 Å². The van der Waals surface area contributed by atoms with E-state index in [2.05, 4.69) is 10.4 Å². The van der Waals surface area contributed by atoms with Crippen molar-refractivity contribution in [2.24, 2.45) is 0 Å². The van der Waals surface area contributed by atoms with E-state index in [9.17, 15) is 19.7 Å². The number of aryl methyl sites for hydroxylation is 1. The van der Waals surface area contributed by atoms with Gasteiger partial charge in [0.1, 0.15) is 11.4 Å². The van der Waals surface area contributed by atoms with Crippen LogP contribution < -0.4 is 5.32 Å². The largest absolute Gasteiger partial charge is 0.452 e. The fourth-order valence-corrected chi connectivity index (χ4v) is 3.29. The van der Waals surface area contributed by atoms with Gasteiger partial charge in [0.15, 0.2) is 0 Å². The first-order chi connectivity index (χ1) is 16.4. The number of hydrogen-bond acceptors (Lipinski definition) is 7. The van der Waals surface area contributed by atoms with Gasteiger partial charge in [0.2, 0.25) is 11.9 Å². The summed E-state index contributed by atoms with van der Waals surface area (Å²) in [5.41, 5.74) is 0.795. The van der Waals surface area contributed by atoms with E-state index in [0.717, 1.165) is 0 Å². The number of nitrogens with one attached hydrogen (secondary N) is 1. The minimum absolute atomic E-state index is 0.00270. The second-order valence-corrected chi connectivity index (χ2v) is 7.43. The maximum atomic E-state index is 13.1. The van der Waals surface area contributed by atoms with Crippen LogP contribution in [0.25, 0.3) is 0 Å². The highest BCUT2D eigenvalue weighted by molar-refractivity contribution is 5.99. The van der Waals surface area contributed by atoms with Crippen LogP contribution in [-0.4, -0.2) is 26.6 Å². The number of rotatable bonds is 8. The molecular formula is C24H20N4O6. The van der Waals surface area contributed by atoms with Crippen LogP contribution in [-0.2, 0) is 16.1 Å². The van der Waals surface area contributed by atoms with Crippen molar-refractivity contribution in [1.29, 1.82) is 0 Å². The third kappa shape index (κ3) is 5.18. The molecule has 1 N–H and O–H groups in total. The summed E-state index contributed by atoms with van der Waals surface area (Å²) in [7, 11) is 0. The number of nitro benzene ring substituents is 1. The molecule has 0 spiro atoms. The molecule has 1 unspecified atom stereocenters. The van der Waals surface area contributed by atoms with E-state index in [0.29, 0.717) is 23.4 Å². The molecule has 1 atom stereocenters. The van der Waals surface area contributed by atoms with Crippen molar-refractivity contribution in [3.05, 3.63) is 112 Å². The van der Waals surface area contributed by atoms with Gasteiger partial charge in [0, 0.05) is 24.0 Å². The second kappa shape index (κ2) is 9.82. The average Bonchev–Trinajstić information content (AvgIpc) is 3.51. The summed E-state index contributed by atoms with van der Waals surface area (Å²) in [5.74, 6) is -1.20. The summed E-state index contributed by atoms with van der Waals surface area (Å²) < 4.78 is 12.7. The SMILES string of the molecule is Cc1ccc(NC(=O)C(OC(=O)c2ccc(Cn3cccn3)o2)c2ccccc2)c([N+](=O)[O-])c1. The number of furan rings is 1. The number of ether oxygens (including phenoxy) is 1. The summed E-state index contributed by atoms with van der Waals surface area (Å²) in [5, 5.41) is 18.0. The van der Waals surface area contributed by atoms with E-state index >= 15 is 0 Å². The predicted octanol–water partition coefficient (Wildman–Crippen LogP) is 4.28. The molecule has 34 heavy (non-hydrogen) atoms. The molecule has 1 amide bonds. The summed E-state index contributed by atoms with van der Waals surface area (Å²) >= 11 is 0. The average molecular weight is 460 g/mol. The van der Waals surface area contributed by atoms with Gasteiger partial charge in [-0.15, -0.1) is 0 Å². The van der Waals surface area contributed by atoms with Gasteiger partial charge in [-0.05, 0) is 36.8 Å². The molecule has 0 bridgehead atoms. The lowest BCUT2D eigenvalue weighted by Crippen LogP contribution is -2.26. The molecule has 10 heteroatoms. The Balaban J connectivity index is 1.55. The van der Waals surface area contributed by atoms with Crippen LogP contribution in [0.4, 0.5) is 11.4 Å². The highest BCUT2D eigenvalue weighted by atomic mass is 16.6. The Morgan fingerprint density at radius 1 is 1.15 bits per heavy atom. The molecule has 0 aliphatic rings. The first kappa shape index (κ1) is 22.5. The third-order valence-electron chi connectivity index (χ3n) is 4.91. The van der Waals surface area contributed by atoms with Crippen molar-refractivity contribution in [3.63, 3.8) is 0 Å². The molecule has 2 heterocycles. The third-order valence-corrected chi connectivity index (χ3v) is 4.91. The number of carbonyl (C=O) groups excluding carboxylic acids is 2. The summed E-state index contributed by atoms with van der Waals surface area (Å²) in [6.07, 6.45) is 2.01. The molecule has 0 aliphatic carbocycles. The predicted molar refractivity (Wildman–Crippen MR) is 121 cm³/mol. The normalized spacial score (nSPS) is 11.6. The smallest absolute Gasteiger partial charge is 0.375 e. The zero-order valence-electron chi connectivity index (χ0n) is 18.1. The van der Waals surface area contributed by atoms with E-state index in [1.165, 1.54) is 18.2 Å². The second-order valence-electron chi connectivity index (χ2n) is 7.43. The highest BCUT2D eigenvalue weighted by Crippen LogP contribution is 2.28. The van der Waals surface area contributed by atoms with Gasteiger partial charge in [0.25, 0.3) is 11.6 Å². The molecular weight excluding hydrogens is 440 g/mol. The lowest BCUT2D eigenvalue weighted by molar-refractivity contribution is -0.384. The zero-order valence-corrected chi connectivity index (χ0v) is 18.1. The first-order valence-electron chi connectivity index (χ1n) is 10.3. The number of aromatic nitrogens is 2. The summed E-state index contributed by atoms with van der Waals surface area (Å²) in [6.45, 7) is 2.02. The van der Waals surface area contributed by atoms with Crippen LogP contribution in [0, 0.1) is 17.0 Å². The molecule has 172 valence electrons. The lowest BCUT2D eigenvalue weighted by Gasteiger charge is -2.17. The minimum Gasteiger partial charge on any atom is -0.452 e. The first-order valence-corrected chi connectivity index (χ1v) is 10.3. The van der Waals surface area contributed by atoms with Crippen molar-refractivity contribution >= 4 is 23.3 Å². The Labute approximate surface area is 193 Å². The fourth-order valence-electron chi connectivity index (χ4n) is 3.29. The van der Waals surface area contributed by atoms with E-state index in [-0.39, 0.29) is 17.1 Å². The Hall–Kier alpha value is -4.73. The Bertz CT molecular complexity index is 1310. The number of benzene rings is 2. The highest BCUT2D eigenvalue weighted by Gasteiger charge is 2.29. The Morgan fingerprint density at radius 3 is 2.65 bits per heavy atom. The molecule has 0 saturated carbocycles. The van der Waals surface area contributed by atoms with Crippen molar-refractivity contribution < 1.29 is 23.7 Å². The van der Waals surface area contributed by atoms with E-state index in [1.807, 2.05) is 0 Å². The number of nitro groups is 1. The quantitative estimate of drug-likeness (QED) is 0.236. The molecule has 0 aliphatic heterocycles. The van der Waals surface area contributed by atoms with Crippen molar-refractivity contribution in [2.45, 2.75) is 19.6 Å². The Morgan fingerprint density at radius 2 is 1.94 bits per heavy atom.